The highest BCUT2D eigenvalue weighted by atomic mass is 15.3. The third-order valence-electron chi connectivity index (χ3n) is 1.89. The minimum absolute atomic E-state index is 0.513. The quantitative estimate of drug-likeness (QED) is 0.447. The Morgan fingerprint density at radius 2 is 2.00 bits per heavy atom. The molecule has 13 heavy (non-hydrogen) atoms. The third kappa shape index (κ3) is 1.27. The van der Waals surface area contributed by atoms with Gasteiger partial charge in [0.15, 0.2) is 5.82 Å². The van der Waals surface area contributed by atoms with Crippen molar-refractivity contribution in [1.82, 2.24) is 4.98 Å². The number of nitrogen functional groups attached to an aromatic ring is 2. The molecule has 0 fully saturated rings. The first-order chi connectivity index (χ1) is 6.31. The summed E-state index contributed by atoms with van der Waals surface area (Å²) in [6.07, 6.45) is 0. The lowest BCUT2D eigenvalue weighted by molar-refractivity contribution is 1.27. The van der Waals surface area contributed by atoms with Crippen LogP contribution in [-0.4, -0.2) is 4.98 Å². The van der Waals surface area contributed by atoms with Gasteiger partial charge in [-0.2, -0.15) is 0 Å². The summed E-state index contributed by atoms with van der Waals surface area (Å²) < 4.78 is 0. The zero-order valence-electron chi connectivity index (χ0n) is 6.99. The van der Waals surface area contributed by atoms with Crippen LogP contribution in [0, 0.1) is 0 Å². The van der Waals surface area contributed by atoms with Gasteiger partial charge in [0.1, 0.15) is 0 Å². The smallest absolute Gasteiger partial charge is 0.163 e. The number of nitrogens with two attached hydrogens (primary N) is 2. The van der Waals surface area contributed by atoms with Crippen LogP contribution in [0.4, 0.5) is 11.5 Å². The van der Waals surface area contributed by atoms with Crippen molar-refractivity contribution in [3.05, 3.63) is 30.3 Å². The molecule has 0 unspecified atom stereocenters. The van der Waals surface area contributed by atoms with Crippen LogP contribution in [0.1, 0.15) is 0 Å². The number of hydrogen-bond acceptors (Lipinski definition) is 4. The van der Waals surface area contributed by atoms with Crippen LogP contribution >= 0.6 is 0 Å². The summed E-state index contributed by atoms with van der Waals surface area (Å²) in [7, 11) is 0. The van der Waals surface area contributed by atoms with E-state index in [-0.39, 0.29) is 0 Å². The highest BCUT2D eigenvalue weighted by Gasteiger charge is 2.00. The molecule has 0 spiro atoms. The van der Waals surface area contributed by atoms with Gasteiger partial charge in [-0.05, 0) is 12.1 Å². The summed E-state index contributed by atoms with van der Waals surface area (Å²) in [5.74, 6) is 5.76. The number of anilines is 2. The van der Waals surface area contributed by atoms with E-state index in [4.69, 9.17) is 11.6 Å². The van der Waals surface area contributed by atoms with Crippen molar-refractivity contribution in [2.24, 2.45) is 5.84 Å². The number of fused-ring (bicyclic) bond motifs is 1. The fourth-order valence-electron chi connectivity index (χ4n) is 1.25. The van der Waals surface area contributed by atoms with Gasteiger partial charge in [0.25, 0.3) is 0 Å². The predicted molar refractivity (Wildman–Crippen MR) is 54.0 cm³/mol. The predicted octanol–water partition coefficient (Wildman–Crippen LogP) is 1.10. The zero-order valence-corrected chi connectivity index (χ0v) is 6.99. The summed E-state index contributed by atoms with van der Waals surface area (Å²) in [4.78, 5) is 4.23. The number of rotatable bonds is 1. The highest BCUT2D eigenvalue weighted by molar-refractivity contribution is 5.85. The SMILES string of the molecule is NNc1nc2ccccc2cc1N. The summed E-state index contributed by atoms with van der Waals surface area (Å²) in [5, 5.41) is 1.01. The Balaban J connectivity index is 2.74. The molecule has 4 nitrogen and oxygen atoms in total. The van der Waals surface area contributed by atoms with E-state index in [0.29, 0.717) is 11.5 Å². The van der Waals surface area contributed by atoms with E-state index >= 15 is 0 Å². The van der Waals surface area contributed by atoms with Crippen molar-refractivity contribution in [1.29, 1.82) is 0 Å². The molecule has 0 amide bonds. The molecule has 0 atom stereocenters. The first-order valence-electron chi connectivity index (χ1n) is 3.93. The maximum absolute atomic E-state index is 5.69. The number of hydrogen-bond donors (Lipinski definition) is 3. The number of benzene rings is 1. The first kappa shape index (κ1) is 7.82. The number of nitrogens with zero attached hydrogens (tertiary/aromatic N) is 1. The van der Waals surface area contributed by atoms with Crippen LogP contribution in [-0.2, 0) is 0 Å². The fraction of sp³-hybridized carbons (Fsp3) is 0. The molecule has 0 radical (unpaired) electrons. The number of hydrazine groups is 1. The molecular weight excluding hydrogens is 164 g/mol. The largest absolute Gasteiger partial charge is 0.396 e. The van der Waals surface area contributed by atoms with Crippen molar-refractivity contribution in [2.45, 2.75) is 0 Å². The fourth-order valence-corrected chi connectivity index (χ4v) is 1.25. The molecule has 1 heterocycles. The minimum atomic E-state index is 0.513. The molecule has 1 aromatic heterocycles. The van der Waals surface area contributed by atoms with E-state index in [9.17, 15) is 0 Å². The van der Waals surface area contributed by atoms with E-state index < -0.39 is 0 Å². The van der Waals surface area contributed by atoms with Crippen molar-refractivity contribution >= 4 is 22.4 Å². The zero-order chi connectivity index (χ0) is 9.26. The van der Waals surface area contributed by atoms with Crippen molar-refractivity contribution in [3.8, 4) is 0 Å². The van der Waals surface area contributed by atoms with Gasteiger partial charge in [0.05, 0.1) is 11.2 Å². The van der Waals surface area contributed by atoms with Crippen LogP contribution in [0.25, 0.3) is 10.9 Å². The van der Waals surface area contributed by atoms with Gasteiger partial charge in [0.2, 0.25) is 0 Å². The van der Waals surface area contributed by atoms with Crippen LogP contribution in [0.15, 0.2) is 30.3 Å². The monoisotopic (exact) mass is 174 g/mol. The molecule has 5 N–H and O–H groups in total. The van der Waals surface area contributed by atoms with Crippen LogP contribution in [0.2, 0.25) is 0 Å². The lowest BCUT2D eigenvalue weighted by atomic mass is 10.2. The van der Waals surface area contributed by atoms with Gasteiger partial charge in [-0.25, -0.2) is 10.8 Å². The molecule has 2 rings (SSSR count). The van der Waals surface area contributed by atoms with Gasteiger partial charge in [0, 0.05) is 5.39 Å². The molecule has 0 bridgehead atoms. The third-order valence-corrected chi connectivity index (χ3v) is 1.89. The molecule has 0 aliphatic heterocycles. The van der Waals surface area contributed by atoms with E-state index in [1.807, 2.05) is 30.3 Å². The van der Waals surface area contributed by atoms with Crippen molar-refractivity contribution in [2.75, 3.05) is 11.2 Å². The topological polar surface area (TPSA) is 77.0 Å². The summed E-state index contributed by atoms with van der Waals surface area (Å²) in [6, 6.07) is 9.58. The lowest BCUT2D eigenvalue weighted by Gasteiger charge is -2.04. The van der Waals surface area contributed by atoms with Crippen LogP contribution < -0.4 is 17.0 Å². The molecule has 2 aromatic rings. The molecule has 0 aliphatic carbocycles. The van der Waals surface area contributed by atoms with Crippen LogP contribution in [0.5, 0.6) is 0 Å². The van der Waals surface area contributed by atoms with Gasteiger partial charge >= 0.3 is 0 Å². The Hall–Kier alpha value is -1.81. The Morgan fingerprint density at radius 1 is 1.23 bits per heavy atom. The van der Waals surface area contributed by atoms with Gasteiger partial charge in [-0.1, -0.05) is 18.2 Å². The number of pyridine rings is 1. The van der Waals surface area contributed by atoms with E-state index in [2.05, 4.69) is 10.4 Å². The second kappa shape index (κ2) is 2.91. The average molecular weight is 174 g/mol. The second-order valence-electron chi connectivity index (χ2n) is 2.76. The Morgan fingerprint density at radius 3 is 2.77 bits per heavy atom. The standard InChI is InChI=1S/C9H10N4/c10-7-5-6-3-1-2-4-8(6)12-9(7)13-11/h1-5H,10-11H2,(H,12,13). The average Bonchev–Trinajstić information content (AvgIpc) is 2.17. The van der Waals surface area contributed by atoms with Crippen molar-refractivity contribution < 1.29 is 0 Å². The Labute approximate surface area is 75.5 Å². The van der Waals surface area contributed by atoms with E-state index in [1.165, 1.54) is 0 Å². The maximum atomic E-state index is 5.69. The number of para-hydroxylation sites is 1. The normalized spacial score (nSPS) is 10.2. The highest BCUT2D eigenvalue weighted by Crippen LogP contribution is 2.20. The Bertz CT molecular complexity index is 439. The summed E-state index contributed by atoms with van der Waals surface area (Å²) in [5.41, 5.74) is 9.58. The molecule has 0 saturated carbocycles. The molecule has 0 saturated heterocycles. The van der Waals surface area contributed by atoms with Crippen molar-refractivity contribution in [3.63, 3.8) is 0 Å². The second-order valence-corrected chi connectivity index (χ2v) is 2.76. The lowest BCUT2D eigenvalue weighted by Crippen LogP contribution is -2.10. The van der Waals surface area contributed by atoms with Gasteiger partial charge in [-0.3, -0.25) is 0 Å². The van der Waals surface area contributed by atoms with Gasteiger partial charge < -0.3 is 11.2 Å². The molecule has 1 aromatic carbocycles. The molecular formula is C9H10N4. The van der Waals surface area contributed by atoms with Gasteiger partial charge in [-0.15, -0.1) is 0 Å². The molecule has 0 aliphatic rings. The van der Waals surface area contributed by atoms with E-state index in [0.717, 1.165) is 10.9 Å². The molecule has 4 heteroatoms. The Kier molecular flexibility index (Phi) is 1.75. The van der Waals surface area contributed by atoms with Crippen LogP contribution in [0.3, 0.4) is 0 Å². The number of nitrogens with one attached hydrogen (secondary N) is 1. The maximum Gasteiger partial charge on any atom is 0.163 e. The molecule has 66 valence electrons. The number of aromatic nitrogens is 1. The summed E-state index contributed by atoms with van der Waals surface area (Å²) >= 11 is 0. The minimum Gasteiger partial charge on any atom is -0.396 e. The summed E-state index contributed by atoms with van der Waals surface area (Å²) in [6.45, 7) is 0. The van der Waals surface area contributed by atoms with E-state index in [1.54, 1.807) is 0 Å². The first-order valence-corrected chi connectivity index (χ1v) is 3.93.